The van der Waals surface area contributed by atoms with Crippen molar-refractivity contribution in [2.24, 2.45) is 17.3 Å². The molecule has 2 aromatic rings. The first-order chi connectivity index (χ1) is 10.9. The Labute approximate surface area is 149 Å². The number of anilines is 1. The molecule has 3 rings (SSSR count). The van der Waals surface area contributed by atoms with Crippen LogP contribution in [-0.2, 0) is 11.3 Å². The number of hydrogen-bond donors (Lipinski definition) is 1. The van der Waals surface area contributed by atoms with Crippen LogP contribution in [0.25, 0.3) is 0 Å². The molecule has 1 saturated carbocycles. The van der Waals surface area contributed by atoms with Crippen molar-refractivity contribution >= 4 is 46.3 Å². The molecule has 0 unspecified atom stereocenters. The van der Waals surface area contributed by atoms with Gasteiger partial charge >= 0.3 is 0 Å². The first kappa shape index (κ1) is 16.6. The van der Waals surface area contributed by atoms with Crippen molar-refractivity contribution in [3.8, 4) is 0 Å². The zero-order valence-electron chi connectivity index (χ0n) is 12.8. The fourth-order valence-electron chi connectivity index (χ4n) is 2.94. The third-order valence-corrected chi connectivity index (χ3v) is 5.47. The van der Waals surface area contributed by atoms with Gasteiger partial charge in [0, 0.05) is 10.9 Å². The van der Waals surface area contributed by atoms with Crippen molar-refractivity contribution in [2.75, 3.05) is 5.32 Å². The van der Waals surface area contributed by atoms with Gasteiger partial charge < -0.3 is 5.32 Å². The summed E-state index contributed by atoms with van der Waals surface area (Å²) in [6.45, 7) is 4.72. The lowest BCUT2D eigenvalue weighted by atomic mass is 10.1. The summed E-state index contributed by atoms with van der Waals surface area (Å²) >= 11 is 13.1. The molecule has 2 heterocycles. The van der Waals surface area contributed by atoms with E-state index in [1.54, 1.807) is 34.4 Å². The van der Waals surface area contributed by atoms with Crippen LogP contribution in [0.4, 0.5) is 5.82 Å². The fourth-order valence-corrected chi connectivity index (χ4v) is 3.90. The van der Waals surface area contributed by atoms with E-state index < -0.39 is 0 Å². The maximum Gasteiger partial charge on any atom is 0.229 e. The molecule has 0 saturated heterocycles. The van der Waals surface area contributed by atoms with E-state index in [2.05, 4.69) is 10.4 Å². The number of rotatable bonds is 5. The highest BCUT2D eigenvalue weighted by Crippen LogP contribution is 2.60. The average Bonchev–Trinajstić information content (AvgIpc) is 2.91. The summed E-state index contributed by atoms with van der Waals surface area (Å²) in [5, 5.41) is 9.28. The maximum absolute atomic E-state index is 12.6. The second-order valence-corrected chi connectivity index (χ2v) is 8.26. The predicted molar refractivity (Wildman–Crippen MR) is 94.8 cm³/mol. The first-order valence-corrected chi connectivity index (χ1v) is 8.91. The monoisotopic (exact) mass is 369 g/mol. The molecular weight excluding hydrogens is 353 g/mol. The van der Waals surface area contributed by atoms with Crippen molar-refractivity contribution in [2.45, 2.75) is 20.4 Å². The number of carbonyl (C=O) groups excluding carboxylic acids is 1. The second-order valence-electron chi connectivity index (χ2n) is 6.22. The second kappa shape index (κ2) is 6.30. The molecule has 0 radical (unpaired) electrons. The van der Waals surface area contributed by atoms with Crippen molar-refractivity contribution in [3.05, 3.63) is 45.2 Å². The van der Waals surface area contributed by atoms with Gasteiger partial charge in [0.15, 0.2) is 0 Å². The van der Waals surface area contributed by atoms with E-state index in [0.29, 0.717) is 12.4 Å². The van der Waals surface area contributed by atoms with Crippen molar-refractivity contribution < 1.29 is 4.79 Å². The molecule has 1 aliphatic carbocycles. The van der Waals surface area contributed by atoms with Gasteiger partial charge in [-0.1, -0.05) is 43.1 Å². The highest BCUT2D eigenvalue weighted by molar-refractivity contribution is 7.09. The van der Waals surface area contributed by atoms with E-state index in [-0.39, 0.29) is 27.6 Å². The standard InChI is InChI=1S/C16H17Cl2N3OS/c1-16(2)11(8-12(17)18)14(16)15(22)20-13-5-6-19-21(13)9-10-4-3-7-23-10/h3-8,11,14H,9H2,1-2H3,(H,20,22)/t11-,14+/m0/s1. The summed E-state index contributed by atoms with van der Waals surface area (Å²) < 4.78 is 2.00. The van der Waals surface area contributed by atoms with Crippen LogP contribution in [0.3, 0.4) is 0 Å². The number of nitrogens with zero attached hydrogens (tertiary/aromatic N) is 2. The largest absolute Gasteiger partial charge is 0.311 e. The molecule has 7 heteroatoms. The van der Waals surface area contributed by atoms with Gasteiger partial charge in [0.2, 0.25) is 5.91 Å². The Hall–Kier alpha value is -1.30. The van der Waals surface area contributed by atoms with Gasteiger partial charge in [-0.15, -0.1) is 11.3 Å². The van der Waals surface area contributed by atoms with Crippen LogP contribution in [0.2, 0.25) is 0 Å². The van der Waals surface area contributed by atoms with Gasteiger partial charge in [0.25, 0.3) is 0 Å². The van der Waals surface area contributed by atoms with Gasteiger partial charge in [-0.25, -0.2) is 4.68 Å². The summed E-state index contributed by atoms with van der Waals surface area (Å²) in [4.78, 5) is 13.8. The van der Waals surface area contributed by atoms with Gasteiger partial charge in [0.05, 0.1) is 18.7 Å². The minimum atomic E-state index is -0.141. The molecule has 0 bridgehead atoms. The molecule has 4 nitrogen and oxygen atoms in total. The summed E-state index contributed by atoms with van der Waals surface area (Å²) in [6.07, 6.45) is 3.44. The van der Waals surface area contributed by atoms with Crippen LogP contribution in [0, 0.1) is 17.3 Å². The number of allylic oxidation sites excluding steroid dienone is 1. The molecule has 1 N–H and O–H groups in total. The summed E-state index contributed by atoms with van der Waals surface area (Å²) in [7, 11) is 0. The Balaban J connectivity index is 1.70. The molecule has 0 aromatic carbocycles. The van der Waals surface area contributed by atoms with Crippen molar-refractivity contribution in [3.63, 3.8) is 0 Å². The van der Waals surface area contributed by atoms with Crippen molar-refractivity contribution in [1.82, 2.24) is 9.78 Å². The minimum Gasteiger partial charge on any atom is -0.311 e. The zero-order valence-corrected chi connectivity index (χ0v) is 15.1. The van der Waals surface area contributed by atoms with Crippen LogP contribution in [0.5, 0.6) is 0 Å². The van der Waals surface area contributed by atoms with E-state index in [0.717, 1.165) is 0 Å². The summed E-state index contributed by atoms with van der Waals surface area (Å²) in [6, 6.07) is 5.85. The molecule has 2 atom stereocenters. The van der Waals surface area contributed by atoms with E-state index >= 15 is 0 Å². The number of amides is 1. The lowest BCUT2D eigenvalue weighted by Gasteiger charge is -2.09. The molecule has 1 amide bonds. The van der Waals surface area contributed by atoms with Crippen LogP contribution in [0.1, 0.15) is 18.7 Å². The Morgan fingerprint density at radius 3 is 2.91 bits per heavy atom. The summed E-state index contributed by atoms with van der Waals surface area (Å²) in [5.74, 6) is 0.589. The number of nitrogens with one attached hydrogen (secondary N) is 1. The number of aromatic nitrogens is 2. The van der Waals surface area contributed by atoms with E-state index in [9.17, 15) is 4.79 Å². The SMILES string of the molecule is CC1(C)[C@@H](C=C(Cl)Cl)[C@@H]1C(=O)Nc1ccnn1Cc1cccs1. The first-order valence-electron chi connectivity index (χ1n) is 7.27. The quantitative estimate of drug-likeness (QED) is 0.841. The Morgan fingerprint density at radius 2 is 2.26 bits per heavy atom. The van der Waals surface area contributed by atoms with Crippen LogP contribution < -0.4 is 5.32 Å². The third kappa shape index (κ3) is 3.47. The lowest BCUT2D eigenvalue weighted by molar-refractivity contribution is -0.118. The van der Waals surface area contributed by atoms with E-state index in [1.807, 2.05) is 31.4 Å². The third-order valence-electron chi connectivity index (χ3n) is 4.35. The lowest BCUT2D eigenvalue weighted by Crippen LogP contribution is -2.19. The molecule has 122 valence electrons. The molecular formula is C16H17Cl2N3OS. The highest BCUT2D eigenvalue weighted by Gasteiger charge is 2.60. The highest BCUT2D eigenvalue weighted by atomic mass is 35.5. The van der Waals surface area contributed by atoms with Gasteiger partial charge in [-0.3, -0.25) is 4.79 Å². The van der Waals surface area contributed by atoms with Crippen molar-refractivity contribution in [1.29, 1.82) is 0 Å². The van der Waals surface area contributed by atoms with Gasteiger partial charge in [-0.05, 0) is 28.9 Å². The number of carbonyl (C=O) groups is 1. The van der Waals surface area contributed by atoms with Crippen LogP contribution in [0.15, 0.2) is 40.3 Å². The van der Waals surface area contributed by atoms with Gasteiger partial charge in [-0.2, -0.15) is 5.10 Å². The molecule has 1 aliphatic rings. The molecule has 1 fully saturated rings. The normalized spacial score (nSPS) is 21.7. The number of thiophene rings is 1. The van der Waals surface area contributed by atoms with E-state index in [4.69, 9.17) is 23.2 Å². The summed E-state index contributed by atoms with van der Waals surface area (Å²) in [5.41, 5.74) is -0.141. The molecule has 2 aromatic heterocycles. The topological polar surface area (TPSA) is 46.9 Å². The molecule has 23 heavy (non-hydrogen) atoms. The number of halogens is 2. The smallest absolute Gasteiger partial charge is 0.229 e. The van der Waals surface area contributed by atoms with Crippen LogP contribution >= 0.6 is 34.5 Å². The van der Waals surface area contributed by atoms with Crippen LogP contribution in [-0.4, -0.2) is 15.7 Å². The van der Waals surface area contributed by atoms with E-state index in [1.165, 1.54) is 4.88 Å². The Kier molecular flexibility index (Phi) is 4.54. The maximum atomic E-state index is 12.6. The molecule has 0 spiro atoms. The molecule has 0 aliphatic heterocycles. The minimum absolute atomic E-state index is 0.0289. The predicted octanol–water partition coefficient (Wildman–Crippen LogP) is 4.52. The Bertz CT molecular complexity index is 732. The average molecular weight is 370 g/mol. The Morgan fingerprint density at radius 1 is 1.48 bits per heavy atom. The number of hydrogen-bond acceptors (Lipinski definition) is 3. The van der Waals surface area contributed by atoms with Gasteiger partial charge in [0.1, 0.15) is 10.3 Å². The zero-order chi connectivity index (χ0) is 16.6. The fraction of sp³-hybridized carbons (Fsp3) is 0.375.